The van der Waals surface area contributed by atoms with Gasteiger partial charge in [0.15, 0.2) is 0 Å². The van der Waals surface area contributed by atoms with E-state index in [2.05, 4.69) is 68.7 Å². The lowest BCUT2D eigenvalue weighted by Crippen LogP contribution is -2.25. The largest absolute Gasteiger partial charge is 0.327 e. The van der Waals surface area contributed by atoms with E-state index in [-0.39, 0.29) is 11.8 Å². The van der Waals surface area contributed by atoms with E-state index >= 15 is 0 Å². The molecule has 1 atom stereocenters. The predicted octanol–water partition coefficient (Wildman–Crippen LogP) is 4.83. The maximum absolute atomic E-state index is 12.9. The van der Waals surface area contributed by atoms with E-state index in [4.69, 9.17) is 4.98 Å². The fourth-order valence-corrected chi connectivity index (χ4v) is 4.09. The smallest absolute Gasteiger partial charge is 0.227 e. The summed E-state index contributed by atoms with van der Waals surface area (Å²) in [6, 6.07) is 14.6. The van der Waals surface area contributed by atoms with Crippen LogP contribution in [-0.4, -0.2) is 22.0 Å². The van der Waals surface area contributed by atoms with E-state index in [0.29, 0.717) is 18.9 Å². The van der Waals surface area contributed by atoms with E-state index < -0.39 is 0 Å². The van der Waals surface area contributed by atoms with Crippen molar-refractivity contribution in [2.24, 2.45) is 5.92 Å². The Morgan fingerprint density at radius 3 is 2.70 bits per heavy atom. The number of benzene rings is 2. The number of imidazole rings is 1. The molecule has 4 nitrogen and oxygen atoms in total. The topological polar surface area (TPSA) is 38.1 Å². The van der Waals surface area contributed by atoms with Gasteiger partial charge in [-0.15, -0.1) is 0 Å². The van der Waals surface area contributed by atoms with Crippen LogP contribution in [0.3, 0.4) is 0 Å². The summed E-state index contributed by atoms with van der Waals surface area (Å²) in [4.78, 5) is 19.7. The summed E-state index contributed by atoms with van der Waals surface area (Å²) in [6.45, 7) is 10.2. The lowest BCUT2D eigenvalue weighted by Gasteiger charge is -2.20. The van der Waals surface area contributed by atoms with E-state index in [9.17, 15) is 4.79 Å². The lowest BCUT2D eigenvalue weighted by atomic mass is 10.1. The number of carbonyl (C=O) groups excluding carboxylic acids is 1. The van der Waals surface area contributed by atoms with Crippen LogP contribution in [0.2, 0.25) is 0 Å². The molecule has 1 aromatic heterocycles. The van der Waals surface area contributed by atoms with Gasteiger partial charge in [0.25, 0.3) is 0 Å². The zero-order chi connectivity index (χ0) is 19.1. The molecule has 1 fully saturated rings. The fraction of sp³-hybridized carbons (Fsp3) is 0.391. The Hall–Kier alpha value is -2.62. The molecular weight excluding hydrogens is 334 g/mol. The first-order valence-electron chi connectivity index (χ1n) is 9.77. The molecule has 1 unspecified atom stereocenters. The van der Waals surface area contributed by atoms with Crippen molar-refractivity contribution in [3.63, 3.8) is 0 Å². The van der Waals surface area contributed by atoms with Crippen molar-refractivity contribution in [3.8, 4) is 0 Å². The first-order chi connectivity index (χ1) is 12.9. The highest BCUT2D eigenvalue weighted by Gasteiger charge is 2.35. The quantitative estimate of drug-likeness (QED) is 0.667. The lowest BCUT2D eigenvalue weighted by molar-refractivity contribution is -0.117. The number of aromatic nitrogens is 2. The average Bonchev–Trinajstić information content (AvgIpc) is 3.18. The number of aryl methyl sites for hydroxylation is 2. The molecule has 140 valence electrons. The normalized spacial score (nSPS) is 17.4. The van der Waals surface area contributed by atoms with Crippen LogP contribution in [0.4, 0.5) is 5.69 Å². The van der Waals surface area contributed by atoms with Crippen molar-refractivity contribution in [3.05, 3.63) is 59.4 Å². The van der Waals surface area contributed by atoms with Crippen LogP contribution in [0.15, 0.2) is 42.5 Å². The third-order valence-corrected chi connectivity index (χ3v) is 5.38. The van der Waals surface area contributed by atoms with Gasteiger partial charge in [-0.1, -0.05) is 38.1 Å². The number of rotatable bonds is 4. The van der Waals surface area contributed by atoms with E-state index in [0.717, 1.165) is 29.1 Å². The average molecular weight is 361 g/mol. The van der Waals surface area contributed by atoms with Gasteiger partial charge in [-0.25, -0.2) is 4.98 Å². The monoisotopic (exact) mass is 361 g/mol. The van der Waals surface area contributed by atoms with Crippen LogP contribution < -0.4 is 4.90 Å². The van der Waals surface area contributed by atoms with E-state index in [1.165, 1.54) is 11.1 Å². The number of para-hydroxylation sites is 2. The Kier molecular flexibility index (Phi) is 4.50. The summed E-state index contributed by atoms with van der Waals surface area (Å²) in [6.07, 6.45) is 0.523. The second-order valence-corrected chi connectivity index (χ2v) is 8.16. The molecular formula is C23H27N3O. The van der Waals surface area contributed by atoms with Crippen LogP contribution in [0.25, 0.3) is 11.0 Å². The number of hydrogen-bond donors (Lipinski definition) is 0. The molecule has 0 radical (unpaired) electrons. The Bertz CT molecular complexity index is 1000. The zero-order valence-corrected chi connectivity index (χ0v) is 16.6. The van der Waals surface area contributed by atoms with Crippen molar-refractivity contribution in [1.29, 1.82) is 0 Å². The molecule has 0 N–H and O–H groups in total. The highest BCUT2D eigenvalue weighted by molar-refractivity contribution is 5.97. The molecule has 1 amide bonds. The summed E-state index contributed by atoms with van der Waals surface area (Å²) in [5.41, 5.74) is 5.54. The first kappa shape index (κ1) is 17.8. The molecule has 4 heteroatoms. The van der Waals surface area contributed by atoms with Crippen molar-refractivity contribution < 1.29 is 4.79 Å². The Balaban J connectivity index is 1.73. The summed E-state index contributed by atoms with van der Waals surface area (Å²) in [5, 5.41) is 0. The van der Waals surface area contributed by atoms with Crippen LogP contribution >= 0.6 is 0 Å². The van der Waals surface area contributed by atoms with Gasteiger partial charge in [-0.05, 0) is 49.1 Å². The number of hydrogen-bond acceptors (Lipinski definition) is 2. The number of carbonyl (C=O) groups is 1. The van der Waals surface area contributed by atoms with Gasteiger partial charge in [-0.2, -0.15) is 0 Å². The van der Waals surface area contributed by atoms with E-state index in [1.54, 1.807) is 0 Å². The molecule has 1 aliphatic rings. The highest BCUT2D eigenvalue weighted by Crippen LogP contribution is 2.35. The summed E-state index contributed by atoms with van der Waals surface area (Å²) < 4.78 is 2.32. The van der Waals surface area contributed by atoms with Crippen molar-refractivity contribution in [2.75, 3.05) is 11.4 Å². The summed E-state index contributed by atoms with van der Waals surface area (Å²) in [5.74, 6) is 1.89. The number of nitrogens with zero attached hydrogens (tertiary/aromatic N) is 3. The van der Waals surface area contributed by atoms with Gasteiger partial charge < -0.3 is 9.47 Å². The van der Waals surface area contributed by atoms with Crippen LogP contribution in [0.1, 0.15) is 43.1 Å². The van der Waals surface area contributed by atoms with Crippen molar-refractivity contribution in [2.45, 2.75) is 46.6 Å². The number of amides is 1. The molecule has 27 heavy (non-hydrogen) atoms. The summed E-state index contributed by atoms with van der Waals surface area (Å²) >= 11 is 0. The van der Waals surface area contributed by atoms with Crippen LogP contribution in [0, 0.1) is 19.8 Å². The molecule has 4 rings (SSSR count). The summed E-state index contributed by atoms with van der Waals surface area (Å²) in [7, 11) is 0. The molecule has 3 aromatic rings. The molecule has 2 heterocycles. The van der Waals surface area contributed by atoms with Gasteiger partial charge in [0.05, 0.1) is 11.0 Å². The molecule has 0 bridgehead atoms. The SMILES string of the molecule is Cc1ccc(C)c(N2CC(c3nc4ccccc4n3CC(C)C)CC2=O)c1. The Labute approximate surface area is 160 Å². The van der Waals surface area contributed by atoms with Gasteiger partial charge in [0, 0.05) is 31.1 Å². The third kappa shape index (κ3) is 3.25. The molecule has 1 aliphatic heterocycles. The van der Waals surface area contributed by atoms with Gasteiger partial charge in [0.1, 0.15) is 5.82 Å². The predicted molar refractivity (Wildman–Crippen MR) is 110 cm³/mol. The van der Waals surface area contributed by atoms with Crippen LogP contribution in [-0.2, 0) is 11.3 Å². The Morgan fingerprint density at radius 1 is 1.15 bits per heavy atom. The maximum Gasteiger partial charge on any atom is 0.227 e. The standard InChI is InChI=1S/C23H27N3O/c1-15(2)13-26-20-8-6-5-7-19(20)24-23(26)18-12-22(27)25(14-18)21-11-16(3)9-10-17(21)4/h5-11,15,18H,12-14H2,1-4H3. The number of fused-ring (bicyclic) bond motifs is 1. The van der Waals surface area contributed by atoms with Gasteiger partial charge in [0.2, 0.25) is 5.91 Å². The van der Waals surface area contributed by atoms with Crippen LogP contribution in [0.5, 0.6) is 0 Å². The minimum Gasteiger partial charge on any atom is -0.327 e. The van der Waals surface area contributed by atoms with Gasteiger partial charge in [-0.3, -0.25) is 4.79 Å². The maximum atomic E-state index is 12.9. The highest BCUT2D eigenvalue weighted by atomic mass is 16.2. The molecule has 2 aromatic carbocycles. The molecule has 0 saturated carbocycles. The second-order valence-electron chi connectivity index (χ2n) is 8.16. The van der Waals surface area contributed by atoms with E-state index in [1.807, 2.05) is 11.0 Å². The van der Waals surface area contributed by atoms with Crippen molar-refractivity contribution in [1.82, 2.24) is 9.55 Å². The minimum atomic E-state index is 0.128. The fourth-order valence-electron chi connectivity index (χ4n) is 4.09. The van der Waals surface area contributed by atoms with Gasteiger partial charge >= 0.3 is 0 Å². The zero-order valence-electron chi connectivity index (χ0n) is 16.6. The number of anilines is 1. The Morgan fingerprint density at radius 2 is 1.93 bits per heavy atom. The molecule has 1 saturated heterocycles. The minimum absolute atomic E-state index is 0.128. The molecule has 0 spiro atoms. The first-order valence-corrected chi connectivity index (χ1v) is 9.77. The second kappa shape index (κ2) is 6.84. The van der Waals surface area contributed by atoms with Crippen molar-refractivity contribution >= 4 is 22.6 Å². The molecule has 0 aliphatic carbocycles. The third-order valence-electron chi connectivity index (χ3n) is 5.38.